The predicted octanol–water partition coefficient (Wildman–Crippen LogP) is 2.88. The van der Waals surface area contributed by atoms with Crippen molar-refractivity contribution in [2.24, 2.45) is 0 Å². The Morgan fingerprint density at radius 1 is 1.29 bits per heavy atom. The number of likely N-dealkylation sites (N-methyl/N-ethyl adjacent to an activating group) is 1. The molecule has 0 aliphatic carbocycles. The molecule has 1 heterocycles. The van der Waals surface area contributed by atoms with Gasteiger partial charge in [-0.2, -0.15) is 0 Å². The van der Waals surface area contributed by atoms with Gasteiger partial charge in [-0.25, -0.2) is 0 Å². The zero-order valence-electron chi connectivity index (χ0n) is 14.6. The number of nitrogens with zero attached hydrogens (tertiary/aromatic N) is 1. The van der Waals surface area contributed by atoms with E-state index in [0.717, 1.165) is 43.9 Å². The highest BCUT2D eigenvalue weighted by atomic mass is 35.5. The lowest BCUT2D eigenvalue weighted by molar-refractivity contribution is -0.132. The molecule has 136 valence electrons. The van der Waals surface area contributed by atoms with Crippen molar-refractivity contribution in [2.45, 2.75) is 38.6 Å². The number of ether oxygens (including phenoxy) is 2. The van der Waals surface area contributed by atoms with Crippen LogP contribution in [0.2, 0.25) is 0 Å². The Bertz CT molecular complexity index is 499. The molecule has 1 amide bonds. The smallest absolute Gasteiger partial charge is 0.222 e. The molecule has 0 saturated carbocycles. The number of nitrogens with one attached hydrogen (secondary N) is 1. The van der Waals surface area contributed by atoms with Crippen LogP contribution < -0.4 is 14.8 Å². The molecule has 24 heavy (non-hydrogen) atoms. The Hall–Kier alpha value is -1.46. The van der Waals surface area contributed by atoms with Gasteiger partial charge in [0.05, 0.1) is 13.2 Å². The summed E-state index contributed by atoms with van der Waals surface area (Å²) in [6.07, 6.45) is 3.49. The van der Waals surface area contributed by atoms with Crippen LogP contribution in [0.15, 0.2) is 24.3 Å². The fourth-order valence-corrected chi connectivity index (χ4v) is 2.85. The third kappa shape index (κ3) is 6.21. The van der Waals surface area contributed by atoms with Gasteiger partial charge in [-0.1, -0.05) is 12.1 Å². The second-order valence-electron chi connectivity index (χ2n) is 5.80. The highest BCUT2D eigenvalue weighted by molar-refractivity contribution is 5.85. The first-order valence-corrected chi connectivity index (χ1v) is 8.54. The van der Waals surface area contributed by atoms with Crippen LogP contribution in [0.1, 0.15) is 32.6 Å². The van der Waals surface area contributed by atoms with E-state index in [2.05, 4.69) is 5.32 Å². The van der Waals surface area contributed by atoms with Crippen molar-refractivity contribution in [3.05, 3.63) is 24.3 Å². The van der Waals surface area contributed by atoms with Crippen molar-refractivity contribution in [3.8, 4) is 11.5 Å². The van der Waals surface area contributed by atoms with Crippen LogP contribution in [0, 0.1) is 0 Å². The molecule has 1 fully saturated rings. The van der Waals surface area contributed by atoms with Crippen LogP contribution in [0.4, 0.5) is 0 Å². The molecule has 1 aliphatic rings. The van der Waals surface area contributed by atoms with Crippen LogP contribution >= 0.6 is 12.4 Å². The quantitative estimate of drug-likeness (QED) is 0.728. The monoisotopic (exact) mass is 356 g/mol. The Morgan fingerprint density at radius 3 is 2.67 bits per heavy atom. The van der Waals surface area contributed by atoms with Gasteiger partial charge >= 0.3 is 0 Å². The molecule has 5 nitrogen and oxygen atoms in total. The average molecular weight is 357 g/mol. The highest BCUT2D eigenvalue weighted by Gasteiger charge is 2.21. The highest BCUT2D eigenvalue weighted by Crippen LogP contribution is 2.26. The summed E-state index contributed by atoms with van der Waals surface area (Å²) in [5, 5.41) is 3.26. The van der Waals surface area contributed by atoms with Gasteiger partial charge in [0.25, 0.3) is 0 Å². The first-order valence-electron chi connectivity index (χ1n) is 8.54. The SMILES string of the molecule is CCOc1ccccc1OCCCC(=O)N1CCCC(NC)C1.Cl. The molecule has 1 atom stereocenters. The lowest BCUT2D eigenvalue weighted by Gasteiger charge is -2.32. The van der Waals surface area contributed by atoms with Crippen molar-refractivity contribution < 1.29 is 14.3 Å². The van der Waals surface area contributed by atoms with Crippen molar-refractivity contribution >= 4 is 18.3 Å². The molecular formula is C18H29ClN2O3. The summed E-state index contributed by atoms with van der Waals surface area (Å²) in [5.41, 5.74) is 0. The zero-order chi connectivity index (χ0) is 16.5. The summed E-state index contributed by atoms with van der Waals surface area (Å²) in [4.78, 5) is 14.2. The van der Waals surface area contributed by atoms with E-state index in [0.29, 0.717) is 25.7 Å². The van der Waals surface area contributed by atoms with Crippen LogP contribution in [-0.4, -0.2) is 50.2 Å². The number of hydrogen-bond donors (Lipinski definition) is 1. The van der Waals surface area contributed by atoms with Crippen molar-refractivity contribution in [3.63, 3.8) is 0 Å². The summed E-state index contributed by atoms with van der Waals surface area (Å²) in [5.74, 6) is 1.73. The fraction of sp³-hybridized carbons (Fsp3) is 0.611. The maximum atomic E-state index is 12.3. The van der Waals surface area contributed by atoms with E-state index in [1.54, 1.807) is 0 Å². The topological polar surface area (TPSA) is 50.8 Å². The Labute approximate surface area is 151 Å². The molecule has 1 aliphatic heterocycles. The molecule has 0 spiro atoms. The first kappa shape index (κ1) is 20.6. The molecule has 0 radical (unpaired) electrons. The Balaban J connectivity index is 0.00000288. The minimum Gasteiger partial charge on any atom is -0.490 e. The summed E-state index contributed by atoms with van der Waals surface area (Å²) in [7, 11) is 1.96. The van der Waals surface area contributed by atoms with Gasteiger partial charge in [-0.3, -0.25) is 4.79 Å². The van der Waals surface area contributed by atoms with Crippen LogP contribution in [-0.2, 0) is 4.79 Å². The third-order valence-corrected chi connectivity index (χ3v) is 4.12. The van der Waals surface area contributed by atoms with Crippen molar-refractivity contribution in [1.82, 2.24) is 10.2 Å². The number of amides is 1. The Morgan fingerprint density at radius 2 is 2.00 bits per heavy atom. The second kappa shape index (κ2) is 11.2. The number of piperidine rings is 1. The summed E-state index contributed by atoms with van der Waals surface area (Å²) in [6.45, 7) is 4.79. The Kier molecular flexibility index (Phi) is 9.57. The number of benzene rings is 1. The van der Waals surface area contributed by atoms with Gasteiger partial charge in [-0.15, -0.1) is 12.4 Å². The molecular weight excluding hydrogens is 328 g/mol. The summed E-state index contributed by atoms with van der Waals surface area (Å²) in [6, 6.07) is 8.08. The number of para-hydroxylation sites is 2. The first-order chi connectivity index (χ1) is 11.2. The molecule has 1 N–H and O–H groups in total. The van der Waals surface area contributed by atoms with E-state index >= 15 is 0 Å². The maximum absolute atomic E-state index is 12.3. The van der Waals surface area contributed by atoms with Gasteiger partial charge in [-0.05, 0) is 45.4 Å². The zero-order valence-corrected chi connectivity index (χ0v) is 15.4. The minimum absolute atomic E-state index is 0. The van der Waals surface area contributed by atoms with Crippen LogP contribution in [0.5, 0.6) is 11.5 Å². The van der Waals surface area contributed by atoms with E-state index in [9.17, 15) is 4.79 Å². The summed E-state index contributed by atoms with van der Waals surface area (Å²) < 4.78 is 11.3. The minimum atomic E-state index is 0. The molecule has 1 saturated heterocycles. The molecule has 1 aromatic rings. The molecule has 0 bridgehead atoms. The number of hydrogen-bond acceptors (Lipinski definition) is 4. The normalized spacial score (nSPS) is 17.1. The summed E-state index contributed by atoms with van der Waals surface area (Å²) >= 11 is 0. The lowest BCUT2D eigenvalue weighted by atomic mass is 10.1. The van der Waals surface area contributed by atoms with Gasteiger partial charge in [0.1, 0.15) is 0 Å². The number of carbonyl (C=O) groups excluding carboxylic acids is 1. The largest absolute Gasteiger partial charge is 0.490 e. The maximum Gasteiger partial charge on any atom is 0.222 e. The molecule has 1 unspecified atom stereocenters. The van der Waals surface area contributed by atoms with Crippen molar-refractivity contribution in [2.75, 3.05) is 33.4 Å². The standard InChI is InChI=1S/C18H28N2O3.ClH/c1-3-22-16-9-4-5-10-17(16)23-13-7-11-18(21)20-12-6-8-15(14-20)19-2;/h4-5,9-10,15,19H,3,6-8,11-14H2,1-2H3;1H. The van der Waals surface area contributed by atoms with E-state index in [-0.39, 0.29) is 18.3 Å². The molecule has 1 aromatic carbocycles. The van der Waals surface area contributed by atoms with E-state index < -0.39 is 0 Å². The van der Waals surface area contributed by atoms with Gasteiger partial charge in [0.15, 0.2) is 11.5 Å². The predicted molar refractivity (Wildman–Crippen MR) is 98.2 cm³/mol. The van der Waals surface area contributed by atoms with E-state index in [4.69, 9.17) is 9.47 Å². The van der Waals surface area contributed by atoms with E-state index in [1.165, 1.54) is 0 Å². The van der Waals surface area contributed by atoms with E-state index in [1.807, 2.05) is 43.1 Å². The van der Waals surface area contributed by atoms with Crippen LogP contribution in [0.3, 0.4) is 0 Å². The number of halogens is 1. The lowest BCUT2D eigenvalue weighted by Crippen LogP contribution is -2.46. The number of likely N-dealkylation sites (tertiary alicyclic amines) is 1. The van der Waals surface area contributed by atoms with Gasteiger partial charge in [0, 0.05) is 25.6 Å². The molecule has 2 rings (SSSR count). The second-order valence-corrected chi connectivity index (χ2v) is 5.80. The van der Waals surface area contributed by atoms with Gasteiger partial charge in [0.2, 0.25) is 5.91 Å². The number of carbonyl (C=O) groups is 1. The average Bonchev–Trinajstić information content (AvgIpc) is 2.60. The fourth-order valence-electron chi connectivity index (χ4n) is 2.85. The van der Waals surface area contributed by atoms with Crippen molar-refractivity contribution in [1.29, 1.82) is 0 Å². The molecule has 0 aromatic heterocycles. The molecule has 6 heteroatoms. The van der Waals surface area contributed by atoms with Gasteiger partial charge < -0.3 is 19.7 Å². The third-order valence-electron chi connectivity index (χ3n) is 4.12. The van der Waals surface area contributed by atoms with Crippen LogP contribution in [0.25, 0.3) is 0 Å². The number of rotatable bonds is 8.